The molecule has 0 spiro atoms. The van der Waals surface area contributed by atoms with Crippen molar-refractivity contribution in [2.45, 2.75) is 66.1 Å². The molecule has 1 saturated heterocycles. The van der Waals surface area contributed by atoms with Crippen LogP contribution in [0, 0.1) is 0 Å². The molecule has 0 aliphatic carbocycles. The Morgan fingerprint density at radius 2 is 1.67 bits per heavy atom. The molecule has 0 atom stereocenters. The molecule has 1 aliphatic heterocycles. The third-order valence-electron chi connectivity index (χ3n) is 3.90. The monoisotopic (exact) mass is 294 g/mol. The second kappa shape index (κ2) is 6.28. The van der Waals surface area contributed by atoms with Gasteiger partial charge in [-0.15, -0.1) is 0 Å². The fourth-order valence-corrected chi connectivity index (χ4v) is 1.91. The highest BCUT2D eigenvalue weighted by molar-refractivity contribution is 6.55. The van der Waals surface area contributed by atoms with E-state index in [4.69, 9.17) is 14.0 Å². The highest BCUT2D eigenvalue weighted by atomic mass is 16.7. The first kappa shape index (κ1) is 17.9. The fraction of sp³-hybridized carbons (Fsp3) is 0.625. The smallest absolute Gasteiger partial charge is 0.498 e. The molecule has 1 fully saturated rings. The van der Waals surface area contributed by atoms with E-state index in [0.29, 0.717) is 23.4 Å². The van der Waals surface area contributed by atoms with Gasteiger partial charge in [-0.3, -0.25) is 0 Å². The Morgan fingerprint density at radius 3 is 2.00 bits per heavy atom. The van der Waals surface area contributed by atoms with Gasteiger partial charge in [0.25, 0.3) is 0 Å². The van der Waals surface area contributed by atoms with Crippen molar-refractivity contribution in [2.24, 2.45) is 0 Å². The van der Waals surface area contributed by atoms with Crippen molar-refractivity contribution >= 4 is 7.12 Å². The molecule has 0 aromatic heterocycles. The molecular weight excluding hydrogens is 267 g/mol. The maximum atomic E-state index is 9.99. The van der Waals surface area contributed by atoms with E-state index >= 15 is 0 Å². The van der Waals surface area contributed by atoms with Crippen LogP contribution in [0.15, 0.2) is 35.4 Å². The lowest BCUT2D eigenvalue weighted by atomic mass is 9.76. The van der Waals surface area contributed by atoms with E-state index < -0.39 is 18.3 Å². The van der Waals surface area contributed by atoms with Gasteiger partial charge in [-0.1, -0.05) is 13.5 Å². The summed E-state index contributed by atoms with van der Waals surface area (Å²) in [7, 11) is -0.615. The minimum atomic E-state index is -0.615. The molecular formula is C16H27BO4. The Balaban J connectivity index is 3.09. The molecule has 21 heavy (non-hydrogen) atoms. The van der Waals surface area contributed by atoms with E-state index in [-0.39, 0.29) is 5.76 Å². The van der Waals surface area contributed by atoms with Crippen LogP contribution in [0.1, 0.15) is 54.9 Å². The van der Waals surface area contributed by atoms with Crippen molar-refractivity contribution in [2.75, 3.05) is 0 Å². The average Bonchev–Trinajstić information content (AvgIpc) is 2.52. The summed E-state index contributed by atoms with van der Waals surface area (Å²) in [5.74, 6) is 1.47. The SMILES string of the molecule is C=C(C)O/C(=C/C(B1OC(C)(C)C(C)(C)O1)=C(\C)O)CC. The fourth-order valence-electron chi connectivity index (χ4n) is 1.91. The van der Waals surface area contributed by atoms with E-state index in [0.717, 1.165) is 0 Å². The Bertz CT molecular complexity index is 455. The lowest BCUT2D eigenvalue weighted by Gasteiger charge is -2.32. The molecule has 1 aliphatic rings. The normalized spacial score (nSPS) is 22.0. The zero-order valence-corrected chi connectivity index (χ0v) is 14.2. The first-order valence-electron chi connectivity index (χ1n) is 7.29. The predicted molar refractivity (Wildman–Crippen MR) is 85.7 cm³/mol. The average molecular weight is 294 g/mol. The van der Waals surface area contributed by atoms with Crippen LogP contribution in [-0.2, 0) is 14.0 Å². The molecule has 0 bridgehead atoms. The summed E-state index contributed by atoms with van der Waals surface area (Å²) in [5, 5.41) is 9.99. The molecule has 1 heterocycles. The van der Waals surface area contributed by atoms with Gasteiger partial charge in [-0.2, -0.15) is 0 Å². The molecule has 0 saturated carbocycles. The Labute approximate surface area is 128 Å². The predicted octanol–water partition coefficient (Wildman–Crippen LogP) is 4.29. The van der Waals surface area contributed by atoms with Crippen LogP contribution in [0.2, 0.25) is 0 Å². The van der Waals surface area contributed by atoms with E-state index in [1.54, 1.807) is 19.9 Å². The first-order valence-corrected chi connectivity index (χ1v) is 7.29. The standard InChI is InChI=1S/C16H27BO4/c1-9-13(19-11(2)3)10-14(12(4)18)17-20-15(5,6)16(7,8)21-17/h10,18H,2,9H2,1,3-8H3/b13-10+,14-12-. The van der Waals surface area contributed by atoms with Crippen LogP contribution >= 0.6 is 0 Å². The van der Waals surface area contributed by atoms with Gasteiger partial charge in [-0.05, 0) is 47.6 Å². The minimum Gasteiger partial charge on any atom is -0.513 e. The summed E-state index contributed by atoms with van der Waals surface area (Å²) in [4.78, 5) is 0. The van der Waals surface area contributed by atoms with Crippen LogP contribution in [-0.4, -0.2) is 23.4 Å². The van der Waals surface area contributed by atoms with E-state index in [9.17, 15) is 5.11 Å². The van der Waals surface area contributed by atoms with Crippen LogP contribution < -0.4 is 0 Å². The van der Waals surface area contributed by atoms with Crippen molar-refractivity contribution in [3.05, 3.63) is 35.4 Å². The third kappa shape index (κ3) is 4.14. The number of aliphatic hydroxyl groups is 1. The van der Waals surface area contributed by atoms with Gasteiger partial charge in [-0.25, -0.2) is 0 Å². The molecule has 0 amide bonds. The summed E-state index contributed by atoms with van der Waals surface area (Å²) >= 11 is 0. The molecule has 5 heteroatoms. The Kier molecular flexibility index (Phi) is 5.34. The molecule has 1 N–H and O–H groups in total. The van der Waals surface area contributed by atoms with Gasteiger partial charge < -0.3 is 19.2 Å². The Morgan fingerprint density at radius 1 is 1.19 bits per heavy atom. The largest absolute Gasteiger partial charge is 0.513 e. The number of hydrogen-bond donors (Lipinski definition) is 1. The van der Waals surface area contributed by atoms with E-state index in [1.807, 2.05) is 34.6 Å². The summed E-state index contributed by atoms with van der Waals surface area (Å²) in [6.45, 7) is 17.0. The van der Waals surface area contributed by atoms with Gasteiger partial charge in [0, 0.05) is 11.9 Å². The Hall–Kier alpha value is -1.20. The molecule has 4 nitrogen and oxygen atoms in total. The summed E-state index contributed by atoms with van der Waals surface area (Å²) in [5.41, 5.74) is -0.326. The van der Waals surface area contributed by atoms with Crippen LogP contribution in [0.4, 0.5) is 0 Å². The number of aliphatic hydroxyl groups excluding tert-OH is 1. The van der Waals surface area contributed by atoms with Crippen molar-refractivity contribution in [1.29, 1.82) is 0 Å². The topological polar surface area (TPSA) is 47.9 Å². The summed E-state index contributed by atoms with van der Waals surface area (Å²) in [6.07, 6.45) is 2.45. The van der Waals surface area contributed by atoms with Crippen molar-refractivity contribution in [3.63, 3.8) is 0 Å². The van der Waals surface area contributed by atoms with E-state index in [2.05, 4.69) is 6.58 Å². The quantitative estimate of drug-likeness (QED) is 0.466. The van der Waals surface area contributed by atoms with Crippen molar-refractivity contribution < 1.29 is 19.2 Å². The zero-order chi connectivity index (χ0) is 16.4. The second-order valence-electron chi connectivity index (χ2n) is 6.40. The molecule has 0 aromatic carbocycles. The maximum Gasteiger partial charge on any atom is 0.498 e. The first-order chi connectivity index (χ1) is 9.50. The lowest BCUT2D eigenvalue weighted by molar-refractivity contribution is 0.00578. The number of hydrogen-bond acceptors (Lipinski definition) is 4. The number of rotatable bonds is 5. The highest BCUT2D eigenvalue weighted by Crippen LogP contribution is 2.39. The summed E-state index contributed by atoms with van der Waals surface area (Å²) < 4.78 is 17.5. The van der Waals surface area contributed by atoms with Crippen LogP contribution in [0.25, 0.3) is 0 Å². The number of ether oxygens (including phenoxy) is 1. The van der Waals surface area contributed by atoms with Crippen molar-refractivity contribution in [3.8, 4) is 0 Å². The minimum absolute atomic E-state index is 0.157. The molecule has 0 unspecified atom stereocenters. The molecule has 118 valence electrons. The molecule has 0 radical (unpaired) electrons. The van der Waals surface area contributed by atoms with Gasteiger partial charge in [0.05, 0.1) is 22.7 Å². The van der Waals surface area contributed by atoms with Crippen LogP contribution in [0.5, 0.6) is 0 Å². The van der Waals surface area contributed by atoms with Gasteiger partial charge in [0.2, 0.25) is 0 Å². The van der Waals surface area contributed by atoms with Gasteiger partial charge in [0.15, 0.2) is 0 Å². The second-order valence-corrected chi connectivity index (χ2v) is 6.40. The summed E-state index contributed by atoms with van der Waals surface area (Å²) in [6, 6.07) is 0. The molecule has 0 aromatic rings. The third-order valence-corrected chi connectivity index (χ3v) is 3.90. The van der Waals surface area contributed by atoms with E-state index in [1.165, 1.54) is 0 Å². The molecule has 1 rings (SSSR count). The number of allylic oxidation sites excluding steroid dienone is 5. The van der Waals surface area contributed by atoms with Crippen molar-refractivity contribution in [1.82, 2.24) is 0 Å². The lowest BCUT2D eigenvalue weighted by Crippen LogP contribution is -2.41. The van der Waals surface area contributed by atoms with Gasteiger partial charge >= 0.3 is 7.12 Å². The highest BCUT2D eigenvalue weighted by Gasteiger charge is 2.52. The maximum absolute atomic E-state index is 9.99. The van der Waals surface area contributed by atoms with Crippen LogP contribution in [0.3, 0.4) is 0 Å². The van der Waals surface area contributed by atoms with Gasteiger partial charge in [0.1, 0.15) is 5.76 Å². The zero-order valence-electron chi connectivity index (χ0n) is 14.2.